The van der Waals surface area contributed by atoms with Crippen molar-refractivity contribution in [1.29, 1.82) is 0 Å². The normalized spacial score (nSPS) is 15.9. The van der Waals surface area contributed by atoms with Gasteiger partial charge in [-0.3, -0.25) is 4.98 Å². The van der Waals surface area contributed by atoms with Crippen molar-refractivity contribution in [3.8, 4) is 0 Å². The molecular weight excluding hydrogens is 360 g/mol. The van der Waals surface area contributed by atoms with E-state index in [9.17, 15) is 9.90 Å². The van der Waals surface area contributed by atoms with E-state index >= 15 is 0 Å². The smallest absolute Gasteiger partial charge is 0.407 e. The number of likely N-dealkylation sites (tertiary alicyclic amines) is 1. The Balaban J connectivity index is 1.70. The highest BCUT2D eigenvalue weighted by molar-refractivity contribution is 7.19. The van der Waals surface area contributed by atoms with Crippen LogP contribution in [0.1, 0.15) is 43.3 Å². The summed E-state index contributed by atoms with van der Waals surface area (Å²) in [5.74, 6) is 1.63. The van der Waals surface area contributed by atoms with Gasteiger partial charge in [0.2, 0.25) is 0 Å². The van der Waals surface area contributed by atoms with Crippen molar-refractivity contribution in [1.82, 2.24) is 19.4 Å². The van der Waals surface area contributed by atoms with Crippen LogP contribution >= 0.6 is 11.3 Å². The fraction of sp³-hybridized carbons (Fsp3) is 0.550. The monoisotopic (exact) mass is 386 g/mol. The largest absolute Gasteiger partial charge is 0.465 e. The molecule has 0 spiro atoms. The van der Waals surface area contributed by atoms with Gasteiger partial charge in [0, 0.05) is 30.9 Å². The third-order valence-corrected chi connectivity index (χ3v) is 6.58. The van der Waals surface area contributed by atoms with Crippen molar-refractivity contribution < 1.29 is 9.90 Å². The van der Waals surface area contributed by atoms with Crippen molar-refractivity contribution >= 4 is 38.7 Å². The summed E-state index contributed by atoms with van der Waals surface area (Å²) >= 11 is 1.79. The van der Waals surface area contributed by atoms with Gasteiger partial charge in [-0.2, -0.15) is 0 Å². The van der Waals surface area contributed by atoms with E-state index in [1.807, 2.05) is 6.20 Å². The average molecular weight is 387 g/mol. The molecule has 4 heterocycles. The van der Waals surface area contributed by atoms with Crippen LogP contribution in [0, 0.1) is 12.8 Å². The number of fused-ring (bicyclic) bond motifs is 3. The SMILES string of the molecule is CCCCc1nc2cnc3cc(C)sc3c2n1CC1CCN(C(=O)O)CC1. The molecule has 3 aromatic rings. The zero-order valence-corrected chi connectivity index (χ0v) is 16.8. The molecule has 27 heavy (non-hydrogen) atoms. The van der Waals surface area contributed by atoms with Gasteiger partial charge < -0.3 is 14.6 Å². The van der Waals surface area contributed by atoms with Gasteiger partial charge in [-0.25, -0.2) is 9.78 Å². The summed E-state index contributed by atoms with van der Waals surface area (Å²) in [5, 5.41) is 9.19. The van der Waals surface area contributed by atoms with E-state index in [-0.39, 0.29) is 0 Å². The number of hydrogen-bond donors (Lipinski definition) is 1. The Hall–Kier alpha value is -2.15. The van der Waals surface area contributed by atoms with Gasteiger partial charge in [-0.15, -0.1) is 11.3 Å². The molecular formula is C20H26N4O2S. The van der Waals surface area contributed by atoms with E-state index < -0.39 is 6.09 Å². The molecule has 144 valence electrons. The van der Waals surface area contributed by atoms with Crippen molar-refractivity contribution in [2.75, 3.05) is 13.1 Å². The number of piperidine rings is 1. The summed E-state index contributed by atoms with van der Waals surface area (Å²) in [6.45, 7) is 6.51. The number of rotatable bonds is 5. The molecule has 0 aliphatic carbocycles. The Kier molecular flexibility index (Phi) is 5.04. The number of amides is 1. The van der Waals surface area contributed by atoms with Gasteiger partial charge >= 0.3 is 6.09 Å². The van der Waals surface area contributed by atoms with E-state index in [4.69, 9.17) is 4.98 Å². The zero-order chi connectivity index (χ0) is 19.0. The molecule has 0 aromatic carbocycles. The number of aryl methyl sites for hydroxylation is 2. The first-order valence-electron chi connectivity index (χ1n) is 9.79. The first kappa shape index (κ1) is 18.2. The van der Waals surface area contributed by atoms with Crippen LogP contribution in [-0.2, 0) is 13.0 Å². The molecule has 1 N–H and O–H groups in total. The molecule has 1 amide bonds. The van der Waals surface area contributed by atoms with Gasteiger partial charge in [0.05, 0.1) is 21.9 Å². The molecule has 0 radical (unpaired) electrons. The molecule has 7 heteroatoms. The number of pyridine rings is 1. The summed E-state index contributed by atoms with van der Waals surface area (Å²) in [5.41, 5.74) is 3.25. The van der Waals surface area contributed by atoms with Crippen molar-refractivity contribution in [2.24, 2.45) is 5.92 Å². The van der Waals surface area contributed by atoms with Crippen LogP contribution in [0.4, 0.5) is 4.79 Å². The van der Waals surface area contributed by atoms with Gasteiger partial charge in [0.25, 0.3) is 0 Å². The third-order valence-electron chi connectivity index (χ3n) is 5.53. The van der Waals surface area contributed by atoms with E-state index in [0.29, 0.717) is 19.0 Å². The van der Waals surface area contributed by atoms with E-state index in [1.54, 1.807) is 11.3 Å². The Bertz CT molecular complexity index is 969. The molecule has 0 atom stereocenters. The van der Waals surface area contributed by atoms with Crippen LogP contribution in [0.25, 0.3) is 21.3 Å². The predicted molar refractivity (Wildman–Crippen MR) is 109 cm³/mol. The molecule has 3 aromatic heterocycles. The lowest BCUT2D eigenvalue weighted by Gasteiger charge is -2.30. The number of carboxylic acid groups (broad SMARTS) is 1. The van der Waals surface area contributed by atoms with Crippen LogP contribution in [0.3, 0.4) is 0 Å². The standard InChI is InChI=1S/C20H26N4O2S/c1-3-4-5-17-22-16-11-21-15-10-13(2)27-19(15)18(16)24(17)12-14-6-8-23(9-7-14)20(25)26/h10-11,14H,3-9,12H2,1-2H3,(H,25,26). The highest BCUT2D eigenvalue weighted by Gasteiger charge is 2.24. The minimum atomic E-state index is -0.799. The fourth-order valence-electron chi connectivity index (χ4n) is 4.03. The Morgan fingerprint density at radius 1 is 1.33 bits per heavy atom. The maximum atomic E-state index is 11.2. The number of hydrogen-bond acceptors (Lipinski definition) is 4. The number of aromatic nitrogens is 3. The summed E-state index contributed by atoms with van der Waals surface area (Å²) in [6, 6.07) is 2.15. The minimum absolute atomic E-state index is 0.489. The van der Waals surface area contributed by atoms with Crippen LogP contribution in [0.15, 0.2) is 12.3 Å². The Morgan fingerprint density at radius 3 is 2.81 bits per heavy atom. The second-order valence-electron chi connectivity index (χ2n) is 7.52. The molecule has 1 saturated heterocycles. The first-order valence-corrected chi connectivity index (χ1v) is 10.6. The lowest BCUT2D eigenvalue weighted by atomic mass is 9.97. The van der Waals surface area contributed by atoms with Gasteiger partial charge in [-0.1, -0.05) is 13.3 Å². The summed E-state index contributed by atoms with van der Waals surface area (Å²) in [4.78, 5) is 23.5. The van der Waals surface area contributed by atoms with Gasteiger partial charge in [-0.05, 0) is 38.2 Å². The number of thiophene rings is 1. The topological polar surface area (TPSA) is 71.2 Å². The molecule has 1 aliphatic rings. The number of nitrogens with zero attached hydrogens (tertiary/aromatic N) is 4. The highest BCUT2D eigenvalue weighted by Crippen LogP contribution is 2.33. The predicted octanol–water partition coefficient (Wildman–Crippen LogP) is 4.69. The second kappa shape index (κ2) is 7.46. The fourth-order valence-corrected chi connectivity index (χ4v) is 5.05. The Morgan fingerprint density at radius 2 is 2.11 bits per heavy atom. The number of unbranched alkanes of at least 4 members (excludes halogenated alkanes) is 1. The van der Waals surface area contributed by atoms with Gasteiger partial charge in [0.15, 0.2) is 0 Å². The molecule has 1 aliphatic heterocycles. The molecule has 0 saturated carbocycles. The first-order chi connectivity index (χ1) is 13.1. The van der Waals surface area contributed by atoms with E-state index in [0.717, 1.165) is 55.5 Å². The summed E-state index contributed by atoms with van der Waals surface area (Å²) in [6.07, 6.45) is 6.18. The highest BCUT2D eigenvalue weighted by atomic mass is 32.1. The molecule has 0 bridgehead atoms. The molecule has 0 unspecified atom stereocenters. The minimum Gasteiger partial charge on any atom is -0.465 e. The average Bonchev–Trinajstić information content (AvgIpc) is 3.20. The molecule has 4 rings (SSSR count). The maximum absolute atomic E-state index is 11.2. The molecule has 6 nitrogen and oxygen atoms in total. The van der Waals surface area contributed by atoms with Crippen molar-refractivity contribution in [2.45, 2.75) is 52.5 Å². The van der Waals surface area contributed by atoms with Gasteiger partial charge in [0.1, 0.15) is 11.3 Å². The summed E-state index contributed by atoms with van der Waals surface area (Å²) in [7, 11) is 0. The summed E-state index contributed by atoms with van der Waals surface area (Å²) < 4.78 is 3.63. The van der Waals surface area contributed by atoms with E-state index in [2.05, 4.69) is 29.5 Å². The second-order valence-corrected chi connectivity index (χ2v) is 8.77. The van der Waals surface area contributed by atoms with Crippen LogP contribution < -0.4 is 0 Å². The van der Waals surface area contributed by atoms with Crippen LogP contribution in [0.5, 0.6) is 0 Å². The lowest BCUT2D eigenvalue weighted by Crippen LogP contribution is -2.38. The zero-order valence-electron chi connectivity index (χ0n) is 15.9. The number of imidazole rings is 1. The van der Waals surface area contributed by atoms with E-state index in [1.165, 1.54) is 20.0 Å². The molecule has 1 fully saturated rings. The van der Waals surface area contributed by atoms with Crippen LogP contribution in [0.2, 0.25) is 0 Å². The van der Waals surface area contributed by atoms with Crippen LogP contribution in [-0.4, -0.2) is 43.7 Å². The quantitative estimate of drug-likeness (QED) is 0.691. The van der Waals surface area contributed by atoms with Crippen molar-refractivity contribution in [3.05, 3.63) is 23.0 Å². The lowest BCUT2D eigenvalue weighted by molar-refractivity contribution is 0.121. The maximum Gasteiger partial charge on any atom is 0.407 e. The Labute approximate surface area is 162 Å². The number of carbonyl (C=O) groups is 1. The third kappa shape index (κ3) is 3.52. The van der Waals surface area contributed by atoms with Crippen molar-refractivity contribution in [3.63, 3.8) is 0 Å².